The fourth-order valence-electron chi connectivity index (χ4n) is 2.63. The molecule has 5 heteroatoms. The Bertz CT molecular complexity index is 924. The molecule has 2 N–H and O–H groups in total. The number of furan rings is 1. The van der Waals surface area contributed by atoms with Crippen LogP contribution in [0.2, 0.25) is 0 Å². The predicted octanol–water partition coefficient (Wildman–Crippen LogP) is 4.26. The average Bonchev–Trinajstić information content (AvgIpc) is 2.88. The van der Waals surface area contributed by atoms with Crippen molar-refractivity contribution in [2.45, 2.75) is 20.8 Å². The third-order valence-corrected chi connectivity index (χ3v) is 3.83. The molecule has 0 aliphatic heterocycles. The standard InChI is InChI=1S/C19H18N2O3/c1-11-5-4-6-16-12(2)18(24-17(11)16)19(23)21-15-9-7-14(8-10-15)20-13(3)22/h4-10H,1-3H3,(H,20,22)(H,21,23). The van der Waals surface area contributed by atoms with Gasteiger partial charge in [0, 0.05) is 29.2 Å². The topological polar surface area (TPSA) is 71.3 Å². The minimum atomic E-state index is -0.296. The normalized spacial score (nSPS) is 10.6. The number of para-hydroxylation sites is 1. The van der Waals surface area contributed by atoms with Crippen LogP contribution in [0, 0.1) is 13.8 Å². The van der Waals surface area contributed by atoms with Crippen LogP contribution in [0.3, 0.4) is 0 Å². The van der Waals surface area contributed by atoms with Gasteiger partial charge in [-0.3, -0.25) is 9.59 Å². The van der Waals surface area contributed by atoms with Crippen molar-refractivity contribution in [3.63, 3.8) is 0 Å². The Morgan fingerprint density at radius 3 is 2.12 bits per heavy atom. The fraction of sp³-hybridized carbons (Fsp3) is 0.158. The molecule has 1 aromatic heterocycles. The first-order valence-electron chi connectivity index (χ1n) is 7.63. The Balaban J connectivity index is 1.84. The molecule has 0 spiro atoms. The van der Waals surface area contributed by atoms with E-state index in [1.54, 1.807) is 24.3 Å². The van der Waals surface area contributed by atoms with Gasteiger partial charge in [-0.2, -0.15) is 0 Å². The Labute approximate surface area is 139 Å². The SMILES string of the molecule is CC(=O)Nc1ccc(NC(=O)c2oc3c(C)cccc3c2C)cc1. The number of fused-ring (bicyclic) bond motifs is 1. The van der Waals surface area contributed by atoms with Crippen LogP contribution in [-0.4, -0.2) is 11.8 Å². The highest BCUT2D eigenvalue weighted by Crippen LogP contribution is 2.28. The minimum Gasteiger partial charge on any atom is -0.450 e. The number of rotatable bonds is 3. The highest BCUT2D eigenvalue weighted by Gasteiger charge is 2.18. The molecule has 24 heavy (non-hydrogen) atoms. The second kappa shape index (κ2) is 6.20. The number of amides is 2. The fourth-order valence-corrected chi connectivity index (χ4v) is 2.63. The lowest BCUT2D eigenvalue weighted by atomic mass is 10.1. The first-order chi connectivity index (χ1) is 11.5. The van der Waals surface area contributed by atoms with E-state index in [2.05, 4.69) is 10.6 Å². The molecule has 122 valence electrons. The summed E-state index contributed by atoms with van der Waals surface area (Å²) in [5.41, 5.74) is 3.86. The number of carbonyl (C=O) groups excluding carboxylic acids is 2. The second-order valence-electron chi connectivity index (χ2n) is 5.72. The Morgan fingerprint density at radius 2 is 1.54 bits per heavy atom. The zero-order valence-electron chi connectivity index (χ0n) is 13.8. The summed E-state index contributed by atoms with van der Waals surface area (Å²) in [6.07, 6.45) is 0. The van der Waals surface area contributed by atoms with Crippen LogP contribution in [0.4, 0.5) is 11.4 Å². The molecule has 2 aromatic carbocycles. The first kappa shape index (κ1) is 15.8. The summed E-state index contributed by atoms with van der Waals surface area (Å²) in [5.74, 6) is -0.124. The van der Waals surface area contributed by atoms with Crippen molar-refractivity contribution in [3.8, 4) is 0 Å². The summed E-state index contributed by atoms with van der Waals surface area (Å²) < 4.78 is 5.77. The van der Waals surface area contributed by atoms with Crippen LogP contribution in [0.1, 0.15) is 28.6 Å². The molecule has 2 amide bonds. The van der Waals surface area contributed by atoms with E-state index in [1.807, 2.05) is 32.0 Å². The lowest BCUT2D eigenvalue weighted by Gasteiger charge is -2.06. The van der Waals surface area contributed by atoms with E-state index in [0.717, 1.165) is 22.1 Å². The number of anilines is 2. The summed E-state index contributed by atoms with van der Waals surface area (Å²) in [4.78, 5) is 23.5. The van der Waals surface area contributed by atoms with Crippen molar-refractivity contribution in [2.24, 2.45) is 0 Å². The first-order valence-corrected chi connectivity index (χ1v) is 7.63. The third kappa shape index (κ3) is 3.01. The van der Waals surface area contributed by atoms with Gasteiger partial charge in [0.2, 0.25) is 5.91 Å². The van der Waals surface area contributed by atoms with E-state index < -0.39 is 0 Å². The number of carbonyl (C=O) groups is 2. The molecule has 0 aliphatic carbocycles. The Morgan fingerprint density at radius 1 is 0.917 bits per heavy atom. The smallest absolute Gasteiger partial charge is 0.291 e. The lowest BCUT2D eigenvalue weighted by Crippen LogP contribution is -2.12. The predicted molar refractivity (Wildman–Crippen MR) is 94.4 cm³/mol. The van der Waals surface area contributed by atoms with Gasteiger partial charge in [-0.05, 0) is 43.7 Å². The molecule has 0 aliphatic rings. The second-order valence-corrected chi connectivity index (χ2v) is 5.72. The molecule has 3 aromatic rings. The zero-order chi connectivity index (χ0) is 17.3. The number of benzene rings is 2. The number of aryl methyl sites for hydroxylation is 2. The maximum Gasteiger partial charge on any atom is 0.291 e. The van der Waals surface area contributed by atoms with Crippen molar-refractivity contribution >= 4 is 34.2 Å². The van der Waals surface area contributed by atoms with Gasteiger partial charge in [-0.25, -0.2) is 0 Å². The van der Waals surface area contributed by atoms with Gasteiger partial charge in [0.05, 0.1) is 0 Å². The molecule has 0 atom stereocenters. The van der Waals surface area contributed by atoms with E-state index in [-0.39, 0.29) is 11.8 Å². The molecular formula is C19H18N2O3. The molecule has 0 saturated heterocycles. The van der Waals surface area contributed by atoms with Crippen molar-refractivity contribution in [3.05, 3.63) is 59.4 Å². The third-order valence-electron chi connectivity index (χ3n) is 3.83. The molecule has 0 unspecified atom stereocenters. The summed E-state index contributed by atoms with van der Waals surface area (Å²) in [6, 6.07) is 12.8. The molecule has 0 fully saturated rings. The summed E-state index contributed by atoms with van der Waals surface area (Å²) in [5, 5.41) is 6.44. The number of hydrogen-bond acceptors (Lipinski definition) is 3. The highest BCUT2D eigenvalue weighted by atomic mass is 16.3. The van der Waals surface area contributed by atoms with E-state index in [1.165, 1.54) is 6.92 Å². The van der Waals surface area contributed by atoms with Crippen LogP contribution in [-0.2, 0) is 4.79 Å². The van der Waals surface area contributed by atoms with E-state index >= 15 is 0 Å². The summed E-state index contributed by atoms with van der Waals surface area (Å²) in [7, 11) is 0. The van der Waals surface area contributed by atoms with Crippen LogP contribution in [0.5, 0.6) is 0 Å². The van der Waals surface area contributed by atoms with E-state index in [0.29, 0.717) is 17.1 Å². The molecular weight excluding hydrogens is 304 g/mol. The van der Waals surface area contributed by atoms with E-state index in [4.69, 9.17) is 4.42 Å². The monoisotopic (exact) mass is 322 g/mol. The molecule has 0 saturated carbocycles. The van der Waals surface area contributed by atoms with Crippen LogP contribution in [0.15, 0.2) is 46.9 Å². The minimum absolute atomic E-state index is 0.139. The van der Waals surface area contributed by atoms with Crippen LogP contribution in [0.25, 0.3) is 11.0 Å². The molecule has 0 bridgehead atoms. The van der Waals surface area contributed by atoms with Gasteiger partial charge < -0.3 is 15.1 Å². The van der Waals surface area contributed by atoms with Crippen LogP contribution < -0.4 is 10.6 Å². The van der Waals surface area contributed by atoms with Gasteiger partial charge in [0.1, 0.15) is 5.58 Å². The van der Waals surface area contributed by atoms with Gasteiger partial charge in [0.25, 0.3) is 5.91 Å². The Kier molecular flexibility index (Phi) is 4.08. The van der Waals surface area contributed by atoms with Crippen molar-refractivity contribution in [1.29, 1.82) is 0 Å². The highest BCUT2D eigenvalue weighted by molar-refractivity contribution is 6.06. The van der Waals surface area contributed by atoms with Crippen molar-refractivity contribution in [1.82, 2.24) is 0 Å². The van der Waals surface area contributed by atoms with Crippen molar-refractivity contribution < 1.29 is 14.0 Å². The zero-order valence-corrected chi connectivity index (χ0v) is 13.8. The van der Waals surface area contributed by atoms with Gasteiger partial charge in [-0.1, -0.05) is 18.2 Å². The quantitative estimate of drug-likeness (QED) is 0.757. The lowest BCUT2D eigenvalue weighted by molar-refractivity contribution is -0.114. The summed E-state index contributed by atoms with van der Waals surface area (Å²) in [6.45, 7) is 5.27. The van der Waals surface area contributed by atoms with Crippen LogP contribution >= 0.6 is 0 Å². The molecule has 1 heterocycles. The molecule has 5 nitrogen and oxygen atoms in total. The number of hydrogen-bond donors (Lipinski definition) is 2. The summed E-state index contributed by atoms with van der Waals surface area (Å²) >= 11 is 0. The largest absolute Gasteiger partial charge is 0.450 e. The molecule has 0 radical (unpaired) electrons. The van der Waals surface area contributed by atoms with E-state index in [9.17, 15) is 9.59 Å². The van der Waals surface area contributed by atoms with Gasteiger partial charge in [-0.15, -0.1) is 0 Å². The van der Waals surface area contributed by atoms with Gasteiger partial charge in [0.15, 0.2) is 5.76 Å². The average molecular weight is 322 g/mol. The Hall–Kier alpha value is -3.08. The molecule has 3 rings (SSSR count). The maximum absolute atomic E-state index is 12.5. The number of nitrogens with one attached hydrogen (secondary N) is 2. The van der Waals surface area contributed by atoms with Crippen molar-refractivity contribution in [2.75, 3.05) is 10.6 Å². The van der Waals surface area contributed by atoms with Gasteiger partial charge >= 0.3 is 0 Å². The maximum atomic E-state index is 12.5.